The van der Waals surface area contributed by atoms with Gasteiger partial charge in [-0.15, -0.1) is 9.24 Å². The van der Waals surface area contributed by atoms with Gasteiger partial charge in [-0.25, -0.2) is 9.37 Å². The first-order valence-corrected chi connectivity index (χ1v) is 15.6. The van der Waals surface area contributed by atoms with Crippen molar-refractivity contribution in [3.8, 4) is 0 Å². The number of nitrogens with zero attached hydrogens (tertiary/aromatic N) is 4. The topological polar surface area (TPSA) is 79.7 Å². The van der Waals surface area contributed by atoms with Crippen LogP contribution >= 0.6 is 9.24 Å². The van der Waals surface area contributed by atoms with E-state index in [2.05, 4.69) is 33.4 Å². The second-order valence-corrected chi connectivity index (χ2v) is 11.0. The van der Waals surface area contributed by atoms with Gasteiger partial charge in [-0.1, -0.05) is 41.5 Å². The number of amides is 2. The molecule has 0 aliphatic carbocycles. The smallest absolute Gasteiger partial charge is 0.290 e. The molecule has 40 heavy (non-hydrogen) atoms. The fourth-order valence-electron chi connectivity index (χ4n) is 5.13. The average molecular weight is 580 g/mol. The van der Waals surface area contributed by atoms with E-state index in [0.717, 1.165) is 37.9 Å². The minimum Gasteiger partial charge on any atom is -0.385 e. The molecule has 1 aromatic heterocycles. The molecule has 226 valence electrons. The Hall–Kier alpha value is -2.09. The van der Waals surface area contributed by atoms with Crippen LogP contribution in [0.25, 0.3) is 11.0 Å². The van der Waals surface area contributed by atoms with Crippen LogP contribution in [-0.4, -0.2) is 83.6 Å². The molecule has 2 amide bonds. The molecule has 10 heteroatoms. The second-order valence-electron chi connectivity index (χ2n) is 10.4. The number of nitrogens with one attached hydrogen (secondary N) is 1. The van der Waals surface area contributed by atoms with Gasteiger partial charge in [-0.05, 0) is 37.7 Å². The molecule has 3 heterocycles. The van der Waals surface area contributed by atoms with Gasteiger partial charge in [0.15, 0.2) is 5.82 Å². The molecule has 8 nitrogen and oxygen atoms in total. The highest BCUT2D eigenvalue weighted by molar-refractivity contribution is 7.27. The molecular weight excluding hydrogens is 528 g/mol. The number of likely N-dealkylation sites (tertiary alicyclic amines) is 1. The van der Waals surface area contributed by atoms with Crippen LogP contribution in [0, 0.1) is 17.7 Å². The number of halogens is 1. The highest BCUT2D eigenvalue weighted by Gasteiger charge is 2.37. The number of ether oxygens (including phenoxy) is 1. The summed E-state index contributed by atoms with van der Waals surface area (Å²) in [7, 11) is 4.09. The zero-order valence-electron chi connectivity index (χ0n) is 25.6. The number of aryl methyl sites for hydroxylation is 1. The fourth-order valence-corrected chi connectivity index (χ4v) is 5.37. The SMILES string of the molecule is CC.CC.COCCCCn1c(C(=O)N(CC(C)C)C2CNCC(C(=O)N3CCC3)C2)nc2cc(F)c(P)cc21. The van der Waals surface area contributed by atoms with Crippen LogP contribution in [0.5, 0.6) is 0 Å². The lowest BCUT2D eigenvalue weighted by atomic mass is 9.92. The van der Waals surface area contributed by atoms with Crippen molar-refractivity contribution in [1.29, 1.82) is 0 Å². The number of unbranched alkanes of at least 4 members (excludes halogenated alkanes) is 1. The lowest BCUT2D eigenvalue weighted by Gasteiger charge is -2.41. The fraction of sp³-hybridized carbons (Fsp3) is 0.700. The predicted molar refractivity (Wildman–Crippen MR) is 165 cm³/mol. The molecule has 2 aliphatic heterocycles. The maximum absolute atomic E-state index is 14.4. The quantitative estimate of drug-likeness (QED) is 0.332. The summed E-state index contributed by atoms with van der Waals surface area (Å²) in [5.74, 6) is 0.0993. The summed E-state index contributed by atoms with van der Waals surface area (Å²) in [6.07, 6.45) is 3.36. The van der Waals surface area contributed by atoms with Gasteiger partial charge in [0.25, 0.3) is 5.91 Å². The zero-order valence-corrected chi connectivity index (χ0v) is 26.8. The number of benzene rings is 1. The second kappa shape index (κ2) is 17.0. The Morgan fingerprint density at radius 1 is 1.18 bits per heavy atom. The van der Waals surface area contributed by atoms with Crippen molar-refractivity contribution in [2.45, 2.75) is 79.8 Å². The third kappa shape index (κ3) is 8.46. The number of fused-ring (bicyclic) bond motifs is 1. The Bertz CT molecular complexity index is 1090. The Balaban J connectivity index is 0.00000134. The molecule has 1 N–H and O–H groups in total. The van der Waals surface area contributed by atoms with Gasteiger partial charge in [-0.2, -0.15) is 0 Å². The number of rotatable bonds is 10. The Morgan fingerprint density at radius 2 is 1.88 bits per heavy atom. The van der Waals surface area contributed by atoms with E-state index in [-0.39, 0.29) is 35.5 Å². The summed E-state index contributed by atoms with van der Waals surface area (Å²) >= 11 is 0. The number of hydrogen-bond acceptors (Lipinski definition) is 5. The van der Waals surface area contributed by atoms with E-state index in [4.69, 9.17) is 4.74 Å². The molecule has 2 saturated heterocycles. The predicted octanol–water partition coefficient (Wildman–Crippen LogP) is 4.46. The Kier molecular flexibility index (Phi) is 14.5. The van der Waals surface area contributed by atoms with Crippen LogP contribution in [0.3, 0.4) is 0 Å². The van der Waals surface area contributed by atoms with Crippen molar-refractivity contribution in [3.05, 3.63) is 23.8 Å². The van der Waals surface area contributed by atoms with E-state index in [9.17, 15) is 14.0 Å². The Labute approximate surface area is 242 Å². The average Bonchev–Trinajstić information content (AvgIpc) is 3.27. The van der Waals surface area contributed by atoms with Gasteiger partial charge >= 0.3 is 0 Å². The van der Waals surface area contributed by atoms with Crippen LogP contribution in [0.2, 0.25) is 0 Å². The van der Waals surface area contributed by atoms with Crippen LogP contribution in [0.1, 0.15) is 77.8 Å². The largest absolute Gasteiger partial charge is 0.385 e. The van der Waals surface area contributed by atoms with Gasteiger partial charge in [0.05, 0.1) is 17.0 Å². The van der Waals surface area contributed by atoms with E-state index in [1.54, 1.807) is 13.2 Å². The molecule has 2 fully saturated rings. The first kappa shape index (κ1) is 34.1. The van der Waals surface area contributed by atoms with Crippen LogP contribution < -0.4 is 10.6 Å². The first-order chi connectivity index (χ1) is 19.3. The molecule has 4 rings (SSSR count). The molecule has 0 bridgehead atoms. The number of methoxy groups -OCH3 is 1. The van der Waals surface area contributed by atoms with Gasteiger partial charge in [-0.3, -0.25) is 9.59 Å². The maximum atomic E-state index is 14.4. The highest BCUT2D eigenvalue weighted by atomic mass is 31.0. The summed E-state index contributed by atoms with van der Waals surface area (Å²) in [4.78, 5) is 35.5. The van der Waals surface area contributed by atoms with Crippen molar-refractivity contribution in [2.24, 2.45) is 11.8 Å². The summed E-state index contributed by atoms with van der Waals surface area (Å²) in [5, 5.41) is 3.85. The molecule has 0 saturated carbocycles. The van der Waals surface area contributed by atoms with Crippen LogP contribution in [-0.2, 0) is 16.1 Å². The number of imidazole rings is 1. The van der Waals surface area contributed by atoms with Crippen molar-refractivity contribution in [1.82, 2.24) is 24.7 Å². The molecule has 1 aromatic carbocycles. The van der Waals surface area contributed by atoms with Gasteiger partial charge in [0.2, 0.25) is 5.91 Å². The maximum Gasteiger partial charge on any atom is 0.290 e. The van der Waals surface area contributed by atoms with Gasteiger partial charge in [0.1, 0.15) is 5.82 Å². The lowest BCUT2D eigenvalue weighted by Crippen LogP contribution is -2.56. The number of carbonyl (C=O) groups excluding carboxylic acids is 2. The molecule has 0 radical (unpaired) electrons. The summed E-state index contributed by atoms with van der Waals surface area (Å²) in [5.41, 5.74) is 1.23. The van der Waals surface area contributed by atoms with E-state index < -0.39 is 0 Å². The van der Waals surface area contributed by atoms with Crippen molar-refractivity contribution in [2.75, 3.05) is 46.4 Å². The minimum absolute atomic E-state index is 0.111. The molecule has 0 spiro atoms. The first-order valence-electron chi connectivity index (χ1n) is 15.0. The summed E-state index contributed by atoms with van der Waals surface area (Å²) in [6, 6.07) is 3.03. The molecule has 3 atom stereocenters. The monoisotopic (exact) mass is 579 g/mol. The summed E-state index contributed by atoms with van der Waals surface area (Å²) < 4.78 is 21.5. The Morgan fingerprint density at radius 3 is 2.48 bits per heavy atom. The number of aromatic nitrogens is 2. The molecular formula is C30H51FN5O3P. The molecule has 3 unspecified atom stereocenters. The van der Waals surface area contributed by atoms with Gasteiger partial charge in [0, 0.05) is 70.4 Å². The third-order valence-corrected chi connectivity index (χ3v) is 7.59. The molecule has 2 aromatic rings. The number of carbonyl (C=O) groups is 2. The minimum atomic E-state index is -0.363. The standard InChI is InChI=1S/C26H39FN5O3P.2C2H6/c1-17(2)16-32(19-11-18(14-28-15-19)25(33)30-7-6-8-30)26(34)24-29-21-12-20(27)23(36)13-22(21)31(24)9-4-5-10-35-3;2*1-2/h12-13,17-19,28H,4-11,14-16,36H2,1-3H3;2*1-2H3. The van der Waals surface area contributed by atoms with Gasteiger partial charge < -0.3 is 24.4 Å². The number of hydrogen-bond donors (Lipinski definition) is 1. The van der Waals surface area contributed by atoms with E-state index in [0.29, 0.717) is 55.9 Å². The van der Waals surface area contributed by atoms with Crippen molar-refractivity contribution in [3.63, 3.8) is 0 Å². The van der Waals surface area contributed by atoms with Crippen molar-refractivity contribution < 1.29 is 18.7 Å². The summed E-state index contributed by atoms with van der Waals surface area (Å²) in [6.45, 7) is 16.9. The van der Waals surface area contributed by atoms with E-state index in [1.807, 2.05) is 42.1 Å². The van der Waals surface area contributed by atoms with E-state index >= 15 is 0 Å². The lowest BCUT2D eigenvalue weighted by molar-refractivity contribution is -0.140. The number of piperidine rings is 1. The third-order valence-electron chi connectivity index (χ3n) is 7.15. The molecule has 2 aliphatic rings. The van der Waals surface area contributed by atoms with Crippen LogP contribution in [0.15, 0.2) is 12.1 Å². The normalized spacial score (nSPS) is 18.4. The van der Waals surface area contributed by atoms with Crippen molar-refractivity contribution >= 4 is 37.4 Å². The van der Waals surface area contributed by atoms with E-state index in [1.165, 1.54) is 6.07 Å². The van der Waals surface area contributed by atoms with Crippen LogP contribution in [0.4, 0.5) is 4.39 Å². The highest BCUT2D eigenvalue weighted by Crippen LogP contribution is 2.25. The zero-order chi connectivity index (χ0) is 29.8.